The molecule has 5 nitrogen and oxygen atoms in total. The number of aromatic carboxylic acids is 1. The lowest BCUT2D eigenvalue weighted by molar-refractivity contribution is -0.140. The van der Waals surface area contributed by atoms with Crippen LogP contribution in [-0.4, -0.2) is 34.9 Å². The van der Waals surface area contributed by atoms with Crippen molar-refractivity contribution in [1.82, 2.24) is 4.98 Å². The minimum Gasteiger partial charge on any atom is -0.478 e. The summed E-state index contributed by atoms with van der Waals surface area (Å²) in [7, 11) is 1.33. The average molecular weight is 291 g/mol. The Kier molecular flexibility index (Phi) is 4.57. The molecule has 0 saturated carbocycles. The van der Waals surface area contributed by atoms with Crippen molar-refractivity contribution in [2.75, 3.05) is 12.9 Å². The van der Waals surface area contributed by atoms with Gasteiger partial charge in [0.1, 0.15) is 0 Å². The molecule has 1 N–H and O–H groups in total. The molecule has 0 radical (unpaired) electrons. The van der Waals surface area contributed by atoms with Gasteiger partial charge in [-0.15, -0.1) is 11.8 Å². The van der Waals surface area contributed by atoms with Crippen LogP contribution in [0, 0.1) is 0 Å². The van der Waals surface area contributed by atoms with E-state index in [4.69, 9.17) is 0 Å². The zero-order valence-electron chi connectivity index (χ0n) is 10.8. The van der Waals surface area contributed by atoms with E-state index in [-0.39, 0.29) is 18.0 Å². The summed E-state index contributed by atoms with van der Waals surface area (Å²) in [5.74, 6) is -0.877. The molecule has 0 aliphatic heterocycles. The lowest BCUT2D eigenvalue weighted by Gasteiger charge is -2.09. The van der Waals surface area contributed by atoms with Gasteiger partial charge in [-0.3, -0.25) is 9.78 Å². The summed E-state index contributed by atoms with van der Waals surface area (Å²) in [6.45, 7) is 0. The number of methoxy groups -OCH3 is 1. The molecule has 0 fully saturated rings. The quantitative estimate of drug-likeness (QED) is 0.674. The molecule has 0 bridgehead atoms. The molecule has 6 heteroatoms. The number of aromatic nitrogens is 1. The first-order chi connectivity index (χ1) is 9.63. The number of nitrogens with zero attached hydrogens (tertiary/aromatic N) is 1. The Labute approximate surface area is 120 Å². The highest BCUT2D eigenvalue weighted by atomic mass is 32.2. The number of pyridine rings is 1. The number of para-hydroxylation sites is 1. The molecule has 0 aliphatic rings. The molecule has 0 aliphatic carbocycles. The highest BCUT2D eigenvalue weighted by molar-refractivity contribution is 7.99. The number of fused-ring (bicyclic) bond motifs is 1. The van der Waals surface area contributed by atoms with Crippen LogP contribution in [0.1, 0.15) is 16.8 Å². The second-order valence-corrected chi connectivity index (χ2v) is 5.10. The van der Waals surface area contributed by atoms with E-state index in [2.05, 4.69) is 9.72 Å². The standard InChI is InChI=1S/C14H13NO4S/c1-19-12(16)6-7-20-13-9-4-2-3-5-11(9)15-8-10(13)14(17)18/h2-5,8H,6-7H2,1H3,(H,17,18). The molecule has 1 aromatic carbocycles. The van der Waals surface area contributed by atoms with Crippen LogP contribution in [0.4, 0.5) is 0 Å². The van der Waals surface area contributed by atoms with Gasteiger partial charge in [0.2, 0.25) is 0 Å². The van der Waals surface area contributed by atoms with Crippen molar-refractivity contribution in [3.05, 3.63) is 36.0 Å². The SMILES string of the molecule is COC(=O)CCSc1c(C(=O)O)cnc2ccccc12. The number of esters is 1. The van der Waals surface area contributed by atoms with E-state index in [9.17, 15) is 14.7 Å². The fraction of sp³-hybridized carbons (Fsp3) is 0.214. The Hall–Kier alpha value is -2.08. The van der Waals surface area contributed by atoms with E-state index in [0.717, 1.165) is 10.9 Å². The van der Waals surface area contributed by atoms with Gasteiger partial charge in [-0.25, -0.2) is 4.79 Å². The summed E-state index contributed by atoms with van der Waals surface area (Å²) in [6, 6.07) is 7.33. The highest BCUT2D eigenvalue weighted by Gasteiger charge is 2.15. The summed E-state index contributed by atoms with van der Waals surface area (Å²) in [5, 5.41) is 10.0. The zero-order chi connectivity index (χ0) is 14.5. The molecule has 1 aromatic heterocycles. The van der Waals surface area contributed by atoms with Crippen molar-refractivity contribution in [2.45, 2.75) is 11.3 Å². The van der Waals surface area contributed by atoms with Crippen LogP contribution in [-0.2, 0) is 9.53 Å². The van der Waals surface area contributed by atoms with Crippen molar-refractivity contribution in [1.29, 1.82) is 0 Å². The van der Waals surface area contributed by atoms with Gasteiger partial charge in [-0.05, 0) is 6.07 Å². The van der Waals surface area contributed by atoms with Crippen molar-refractivity contribution >= 4 is 34.6 Å². The third-order valence-electron chi connectivity index (χ3n) is 2.74. The molecule has 0 saturated heterocycles. The van der Waals surface area contributed by atoms with Gasteiger partial charge in [0.05, 0.1) is 24.6 Å². The fourth-order valence-electron chi connectivity index (χ4n) is 1.76. The summed E-state index contributed by atoms with van der Waals surface area (Å²) >= 11 is 1.33. The van der Waals surface area contributed by atoms with Gasteiger partial charge < -0.3 is 9.84 Å². The fourth-order valence-corrected chi connectivity index (χ4v) is 2.86. The molecule has 0 spiro atoms. The third kappa shape index (κ3) is 3.08. The molecule has 1 heterocycles. The number of thioether (sulfide) groups is 1. The Morgan fingerprint density at radius 2 is 2.10 bits per heavy atom. The lowest BCUT2D eigenvalue weighted by atomic mass is 10.1. The van der Waals surface area contributed by atoms with Gasteiger partial charge in [-0.1, -0.05) is 18.2 Å². The summed E-state index contributed by atoms with van der Waals surface area (Å²) in [6.07, 6.45) is 1.59. The summed E-state index contributed by atoms with van der Waals surface area (Å²) < 4.78 is 4.57. The zero-order valence-corrected chi connectivity index (χ0v) is 11.6. The normalized spacial score (nSPS) is 10.4. The van der Waals surface area contributed by atoms with E-state index in [1.54, 1.807) is 0 Å². The number of benzene rings is 1. The van der Waals surface area contributed by atoms with Crippen LogP contribution in [0.5, 0.6) is 0 Å². The molecule has 2 aromatic rings. The second kappa shape index (κ2) is 6.38. The number of carboxylic acid groups (broad SMARTS) is 1. The largest absolute Gasteiger partial charge is 0.478 e. The van der Waals surface area contributed by atoms with Gasteiger partial charge in [0.25, 0.3) is 0 Å². The Bertz CT molecular complexity index is 657. The van der Waals surface area contributed by atoms with Crippen molar-refractivity contribution in [3.63, 3.8) is 0 Å². The van der Waals surface area contributed by atoms with Crippen LogP contribution < -0.4 is 0 Å². The van der Waals surface area contributed by atoms with Crippen LogP contribution >= 0.6 is 11.8 Å². The van der Waals surface area contributed by atoms with Crippen molar-refractivity contribution in [3.8, 4) is 0 Å². The Morgan fingerprint density at radius 3 is 2.80 bits per heavy atom. The van der Waals surface area contributed by atoms with E-state index < -0.39 is 5.97 Å². The third-order valence-corrected chi connectivity index (χ3v) is 3.87. The minimum atomic E-state index is -1.02. The number of carbonyl (C=O) groups excluding carboxylic acids is 1. The van der Waals surface area contributed by atoms with Crippen molar-refractivity contribution in [2.24, 2.45) is 0 Å². The predicted octanol–water partition coefficient (Wildman–Crippen LogP) is 2.59. The Morgan fingerprint density at radius 1 is 1.35 bits per heavy atom. The van der Waals surface area contributed by atoms with Crippen LogP contribution in [0.2, 0.25) is 0 Å². The Balaban J connectivity index is 2.34. The molecular formula is C14H13NO4S. The first-order valence-electron chi connectivity index (χ1n) is 5.94. The maximum Gasteiger partial charge on any atom is 0.338 e. The van der Waals surface area contributed by atoms with E-state index >= 15 is 0 Å². The van der Waals surface area contributed by atoms with Gasteiger partial charge in [0.15, 0.2) is 0 Å². The maximum atomic E-state index is 11.3. The van der Waals surface area contributed by atoms with E-state index in [1.807, 2.05) is 24.3 Å². The summed E-state index contributed by atoms with van der Waals surface area (Å²) in [4.78, 5) is 27.2. The predicted molar refractivity (Wildman–Crippen MR) is 76.1 cm³/mol. The molecule has 104 valence electrons. The van der Waals surface area contributed by atoms with Crippen LogP contribution in [0.3, 0.4) is 0 Å². The first-order valence-corrected chi connectivity index (χ1v) is 6.92. The minimum absolute atomic E-state index is 0.151. The van der Waals surface area contributed by atoms with E-state index in [0.29, 0.717) is 10.6 Å². The second-order valence-electron chi connectivity index (χ2n) is 4.00. The number of hydrogen-bond acceptors (Lipinski definition) is 5. The number of ether oxygens (including phenoxy) is 1. The number of carbonyl (C=O) groups is 2. The van der Waals surface area contributed by atoms with Crippen molar-refractivity contribution < 1.29 is 19.4 Å². The average Bonchev–Trinajstić information content (AvgIpc) is 2.46. The van der Waals surface area contributed by atoms with Gasteiger partial charge in [-0.2, -0.15) is 0 Å². The number of rotatable bonds is 5. The monoisotopic (exact) mass is 291 g/mol. The molecule has 0 unspecified atom stereocenters. The van der Waals surface area contributed by atoms with Crippen LogP contribution in [0.25, 0.3) is 10.9 Å². The molecule has 20 heavy (non-hydrogen) atoms. The molecular weight excluding hydrogens is 278 g/mol. The number of carboxylic acids is 1. The van der Waals surface area contributed by atoms with Gasteiger partial charge >= 0.3 is 11.9 Å². The number of hydrogen-bond donors (Lipinski definition) is 1. The smallest absolute Gasteiger partial charge is 0.338 e. The van der Waals surface area contributed by atoms with Gasteiger partial charge in [0, 0.05) is 22.2 Å². The highest BCUT2D eigenvalue weighted by Crippen LogP contribution is 2.30. The molecule has 0 atom stereocenters. The lowest BCUT2D eigenvalue weighted by Crippen LogP contribution is -2.04. The van der Waals surface area contributed by atoms with Crippen LogP contribution in [0.15, 0.2) is 35.4 Å². The van der Waals surface area contributed by atoms with E-state index in [1.165, 1.54) is 25.1 Å². The topological polar surface area (TPSA) is 76.5 Å². The first kappa shape index (κ1) is 14.3. The maximum absolute atomic E-state index is 11.3. The molecule has 2 rings (SSSR count). The summed E-state index contributed by atoms with van der Waals surface area (Å²) in [5.41, 5.74) is 0.886. The molecule has 0 amide bonds.